The number of halogens is 5. The summed E-state index contributed by atoms with van der Waals surface area (Å²) >= 11 is 31.0. The summed E-state index contributed by atoms with van der Waals surface area (Å²) < 4.78 is 0. The minimum absolute atomic E-state index is 0.198. The Hall–Kier alpha value is 1.02. The molecule has 0 aliphatic rings. The molecule has 1 aromatic rings. The molecule has 0 aliphatic carbocycles. The van der Waals surface area contributed by atoms with E-state index in [2.05, 4.69) is 0 Å². The Balaban J connectivity index is 3.43. The van der Waals surface area contributed by atoms with Gasteiger partial charge in [0.15, 0.2) is 0 Å². The van der Waals surface area contributed by atoms with Crippen molar-refractivity contribution in [3.63, 3.8) is 0 Å². The highest BCUT2D eigenvalue weighted by atomic mass is 35.5. The van der Waals surface area contributed by atoms with Crippen LogP contribution in [0.25, 0.3) is 0 Å². The van der Waals surface area contributed by atoms with Gasteiger partial charge in [-0.3, -0.25) is 0 Å². The number of hydrogen-bond donors (Lipinski definition) is 0. The van der Waals surface area contributed by atoms with E-state index in [1.807, 2.05) is 6.92 Å². The summed E-state index contributed by atoms with van der Waals surface area (Å²) in [5, 5.41) is 1.41. The Bertz CT molecular complexity index is 334. The molecule has 78 valence electrons. The maximum absolute atomic E-state index is 5.97. The van der Waals surface area contributed by atoms with Crippen LogP contribution in [0.4, 0.5) is 0 Å². The molecule has 1 aromatic carbocycles. The van der Waals surface area contributed by atoms with Gasteiger partial charge in [0.25, 0.3) is 0 Å². The third-order valence-corrected chi connectivity index (χ3v) is 4.94. The number of hydrogen-bond acceptors (Lipinski definition) is 1. The van der Waals surface area contributed by atoms with Crippen LogP contribution in [0.1, 0.15) is 6.92 Å². The normalized spacial score (nSPS) is 10.7. The first-order valence-corrected chi connectivity index (χ1v) is 6.52. The van der Waals surface area contributed by atoms with E-state index in [1.165, 1.54) is 11.8 Å². The molecule has 0 aromatic heterocycles. The van der Waals surface area contributed by atoms with Crippen molar-refractivity contribution in [3.8, 4) is 0 Å². The summed E-state index contributed by atoms with van der Waals surface area (Å²) in [6.45, 7) is 1.98. The summed E-state index contributed by atoms with van der Waals surface area (Å²) in [5.41, 5.74) is 0. The average Bonchev–Trinajstić information content (AvgIpc) is 2.19. The van der Waals surface area contributed by atoms with E-state index < -0.39 is 0 Å². The van der Waals surface area contributed by atoms with E-state index in [1.54, 1.807) is 0 Å². The topological polar surface area (TPSA) is 0 Å². The van der Waals surface area contributed by atoms with Crippen LogP contribution in [0.15, 0.2) is 4.90 Å². The first kappa shape index (κ1) is 13.1. The molecule has 0 saturated heterocycles. The van der Waals surface area contributed by atoms with Crippen LogP contribution in [0, 0.1) is 0 Å². The van der Waals surface area contributed by atoms with Gasteiger partial charge in [-0.1, -0.05) is 64.9 Å². The highest BCUT2D eigenvalue weighted by molar-refractivity contribution is 7.99. The SMILES string of the molecule is CCSc1c(Cl)c(Cl)c(Cl)c(Cl)c1Cl. The fourth-order valence-electron chi connectivity index (χ4n) is 0.856. The Labute approximate surface area is 112 Å². The molecule has 0 bridgehead atoms. The van der Waals surface area contributed by atoms with Crippen LogP contribution in [-0.2, 0) is 0 Å². The predicted molar refractivity (Wildman–Crippen MR) is 67.9 cm³/mol. The predicted octanol–water partition coefficient (Wildman–Crippen LogP) is 6.07. The second kappa shape index (κ2) is 5.38. The monoisotopic (exact) mass is 308 g/mol. The van der Waals surface area contributed by atoms with Crippen molar-refractivity contribution >= 4 is 69.8 Å². The molecule has 0 unspecified atom stereocenters. The van der Waals surface area contributed by atoms with Crippen molar-refractivity contribution < 1.29 is 0 Å². The van der Waals surface area contributed by atoms with Gasteiger partial charge in [-0.05, 0) is 5.75 Å². The van der Waals surface area contributed by atoms with Crippen LogP contribution in [-0.4, -0.2) is 5.75 Å². The fourth-order valence-corrected chi connectivity index (χ4v) is 3.18. The van der Waals surface area contributed by atoms with Gasteiger partial charge >= 0.3 is 0 Å². The lowest BCUT2D eigenvalue weighted by atomic mass is 10.3. The standard InChI is InChI=1S/C8H5Cl5S/c1-2-14-8-6(12)4(10)3(9)5(11)7(8)13/h2H2,1H3. The van der Waals surface area contributed by atoms with E-state index in [0.717, 1.165) is 5.75 Å². The van der Waals surface area contributed by atoms with Gasteiger partial charge in [0.1, 0.15) is 0 Å². The Kier molecular flexibility index (Phi) is 5.03. The molecule has 0 nitrogen and oxygen atoms in total. The van der Waals surface area contributed by atoms with Crippen molar-refractivity contribution in [1.29, 1.82) is 0 Å². The minimum Gasteiger partial charge on any atom is -0.123 e. The molecular formula is C8H5Cl5S. The van der Waals surface area contributed by atoms with Crippen molar-refractivity contribution in [2.45, 2.75) is 11.8 Å². The Morgan fingerprint density at radius 2 is 1.14 bits per heavy atom. The lowest BCUT2D eigenvalue weighted by molar-refractivity contribution is 1.43. The van der Waals surface area contributed by atoms with Gasteiger partial charge in [0.2, 0.25) is 0 Å². The summed E-state index contributed by atoms with van der Waals surface area (Å²) in [6, 6.07) is 0. The lowest BCUT2D eigenvalue weighted by Gasteiger charge is -2.10. The van der Waals surface area contributed by atoms with Crippen LogP contribution in [0.3, 0.4) is 0 Å². The van der Waals surface area contributed by atoms with E-state index >= 15 is 0 Å². The van der Waals surface area contributed by atoms with Crippen LogP contribution in [0.5, 0.6) is 0 Å². The average molecular weight is 310 g/mol. The smallest absolute Gasteiger partial charge is 0.0809 e. The molecule has 1 rings (SSSR count). The summed E-state index contributed by atoms with van der Waals surface area (Å²) in [7, 11) is 0. The van der Waals surface area contributed by atoms with E-state index in [-0.39, 0.29) is 15.1 Å². The van der Waals surface area contributed by atoms with E-state index in [0.29, 0.717) is 14.9 Å². The summed E-state index contributed by atoms with van der Waals surface area (Å²) in [4.78, 5) is 0.676. The molecule has 0 saturated carbocycles. The van der Waals surface area contributed by atoms with Crippen LogP contribution < -0.4 is 0 Å². The molecule has 0 spiro atoms. The third kappa shape index (κ3) is 2.40. The van der Waals surface area contributed by atoms with Gasteiger partial charge in [-0.25, -0.2) is 0 Å². The maximum atomic E-state index is 5.97. The first-order chi connectivity index (χ1) is 6.50. The second-order valence-electron chi connectivity index (χ2n) is 2.33. The van der Waals surface area contributed by atoms with E-state index in [9.17, 15) is 0 Å². The largest absolute Gasteiger partial charge is 0.123 e. The Morgan fingerprint density at radius 1 is 0.786 bits per heavy atom. The third-order valence-electron chi connectivity index (χ3n) is 1.46. The molecule has 0 N–H and O–H groups in total. The van der Waals surface area contributed by atoms with Gasteiger partial charge in [0.05, 0.1) is 25.1 Å². The molecule has 0 heterocycles. The highest BCUT2D eigenvalue weighted by Gasteiger charge is 2.18. The number of thioether (sulfide) groups is 1. The highest BCUT2D eigenvalue weighted by Crippen LogP contribution is 2.47. The molecule has 0 aliphatic heterocycles. The maximum Gasteiger partial charge on any atom is 0.0809 e. The molecule has 0 radical (unpaired) electrons. The van der Waals surface area contributed by atoms with Crippen molar-refractivity contribution in [3.05, 3.63) is 25.1 Å². The first-order valence-electron chi connectivity index (χ1n) is 3.64. The summed E-state index contributed by atoms with van der Waals surface area (Å²) in [6.07, 6.45) is 0. The molecule has 6 heteroatoms. The second-order valence-corrected chi connectivity index (χ2v) is 5.50. The van der Waals surface area contributed by atoms with Gasteiger partial charge in [-0.15, -0.1) is 11.8 Å². The molecule has 0 atom stereocenters. The molecule has 0 amide bonds. The number of rotatable bonds is 2. The zero-order chi connectivity index (χ0) is 10.9. The van der Waals surface area contributed by atoms with Crippen LogP contribution in [0.2, 0.25) is 25.1 Å². The Morgan fingerprint density at radius 3 is 1.50 bits per heavy atom. The minimum atomic E-state index is 0.198. The van der Waals surface area contributed by atoms with Crippen molar-refractivity contribution in [2.75, 3.05) is 5.75 Å². The summed E-state index contributed by atoms with van der Waals surface area (Å²) in [5.74, 6) is 0.827. The molecule has 14 heavy (non-hydrogen) atoms. The van der Waals surface area contributed by atoms with Crippen molar-refractivity contribution in [2.24, 2.45) is 0 Å². The van der Waals surface area contributed by atoms with Gasteiger partial charge < -0.3 is 0 Å². The fraction of sp³-hybridized carbons (Fsp3) is 0.250. The molecule has 0 fully saturated rings. The van der Waals surface area contributed by atoms with E-state index in [4.69, 9.17) is 58.0 Å². The van der Waals surface area contributed by atoms with Gasteiger partial charge in [-0.2, -0.15) is 0 Å². The number of benzene rings is 1. The zero-order valence-electron chi connectivity index (χ0n) is 7.01. The van der Waals surface area contributed by atoms with Crippen LogP contribution >= 0.6 is 69.8 Å². The molecular weight excluding hydrogens is 305 g/mol. The van der Waals surface area contributed by atoms with Gasteiger partial charge in [0, 0.05) is 4.90 Å². The quantitative estimate of drug-likeness (QED) is 0.363. The zero-order valence-corrected chi connectivity index (χ0v) is 11.6. The lowest BCUT2D eigenvalue weighted by Crippen LogP contribution is -1.84. The van der Waals surface area contributed by atoms with Crippen molar-refractivity contribution in [1.82, 2.24) is 0 Å².